The van der Waals surface area contributed by atoms with Crippen molar-refractivity contribution in [2.24, 2.45) is 0 Å². The Hall–Kier alpha value is -3.07. The Kier molecular flexibility index (Phi) is 6.13. The van der Waals surface area contributed by atoms with E-state index < -0.39 is 21.2 Å². The van der Waals surface area contributed by atoms with Gasteiger partial charge in [-0.2, -0.15) is 0 Å². The number of imide groups is 1. The van der Waals surface area contributed by atoms with E-state index in [9.17, 15) is 9.59 Å². The molecular weight excluding hydrogens is 509 g/mol. The molecule has 158 valence electrons. The van der Waals surface area contributed by atoms with Crippen molar-refractivity contribution in [3.05, 3.63) is 84.5 Å². The average molecular weight is 530 g/mol. The zero-order chi connectivity index (χ0) is 22.0. The zero-order valence-corrected chi connectivity index (χ0v) is 19.5. The molecule has 0 bridgehead atoms. The summed E-state index contributed by atoms with van der Waals surface area (Å²) in [5, 5.41) is 0. The predicted octanol–water partition coefficient (Wildman–Crippen LogP) is 0.637. The number of carbonyl (C=O) groups excluding carboxylic acids is 2. The Morgan fingerprint density at radius 3 is 1.81 bits per heavy atom. The fourth-order valence-corrected chi connectivity index (χ4v) is 6.01. The molecule has 0 saturated carbocycles. The Morgan fingerprint density at radius 1 is 0.774 bits per heavy atom. The van der Waals surface area contributed by atoms with E-state index in [-0.39, 0.29) is 18.4 Å². The third kappa shape index (κ3) is 4.10. The maximum Gasteiger partial charge on any atom is 0.366 e. The summed E-state index contributed by atoms with van der Waals surface area (Å²) in [4.78, 5) is 26.5. The summed E-state index contributed by atoms with van der Waals surface area (Å²) in [5.74, 6) is 1.66. The normalized spacial score (nSPS) is 12.7. The number of fused-ring (bicyclic) bond motifs is 1. The van der Waals surface area contributed by atoms with Gasteiger partial charge in [0, 0.05) is 12.1 Å². The molecule has 6 nitrogen and oxygen atoms in total. The molecule has 3 aromatic carbocycles. The topological polar surface area (TPSA) is 65.1 Å². The van der Waals surface area contributed by atoms with Crippen molar-refractivity contribution >= 4 is 11.8 Å². The molecule has 3 aromatic rings. The second-order valence-corrected chi connectivity index (χ2v) is 9.67. The van der Waals surface area contributed by atoms with Gasteiger partial charge in [-0.1, -0.05) is 24.3 Å². The molecule has 0 fully saturated rings. The molecule has 0 radical (unpaired) electrons. The molecule has 31 heavy (non-hydrogen) atoms. The van der Waals surface area contributed by atoms with Crippen molar-refractivity contribution in [2.45, 2.75) is 6.54 Å². The third-order valence-corrected chi connectivity index (χ3v) is 7.94. The van der Waals surface area contributed by atoms with Crippen LogP contribution in [0.2, 0.25) is 0 Å². The summed E-state index contributed by atoms with van der Waals surface area (Å²) in [7, 11) is 4.87. The number of hydrogen-bond donors (Lipinski definition) is 0. The minimum Gasteiger partial charge on any atom is -0.496 e. The van der Waals surface area contributed by atoms with Gasteiger partial charge in [0.1, 0.15) is 5.75 Å². The van der Waals surface area contributed by atoms with E-state index in [1.807, 2.05) is 36.4 Å². The van der Waals surface area contributed by atoms with Crippen LogP contribution in [-0.4, -0.2) is 38.0 Å². The first kappa shape index (κ1) is 21.2. The Morgan fingerprint density at radius 2 is 1.32 bits per heavy atom. The molecule has 0 saturated heterocycles. The lowest BCUT2D eigenvalue weighted by Crippen LogP contribution is -3.61. The number of hydrogen-bond acceptors (Lipinski definition) is 5. The van der Waals surface area contributed by atoms with E-state index in [2.05, 4.69) is 0 Å². The molecule has 0 unspecified atom stereocenters. The van der Waals surface area contributed by atoms with Gasteiger partial charge in [0.15, 0.2) is 15.1 Å². The van der Waals surface area contributed by atoms with Crippen LogP contribution in [0, 0.1) is 7.14 Å². The van der Waals surface area contributed by atoms with Crippen LogP contribution in [0.25, 0.3) is 0 Å². The van der Waals surface area contributed by atoms with Gasteiger partial charge in [0.05, 0.1) is 39.0 Å². The molecule has 4 rings (SSSR count). The van der Waals surface area contributed by atoms with Crippen LogP contribution in [0.5, 0.6) is 17.2 Å². The highest BCUT2D eigenvalue weighted by Gasteiger charge is 2.35. The first-order valence-electron chi connectivity index (χ1n) is 9.54. The van der Waals surface area contributed by atoms with Gasteiger partial charge in [-0.25, -0.2) is 0 Å². The van der Waals surface area contributed by atoms with Gasteiger partial charge in [-0.3, -0.25) is 14.5 Å². The summed E-state index contributed by atoms with van der Waals surface area (Å²) < 4.78 is 18.6. The number of nitrogens with zero attached hydrogens (tertiary/aromatic N) is 1. The lowest BCUT2D eigenvalue weighted by Gasteiger charge is -2.13. The minimum absolute atomic E-state index is 0.246. The van der Waals surface area contributed by atoms with Crippen LogP contribution in [0.1, 0.15) is 26.3 Å². The molecule has 0 N–H and O–H groups in total. The Labute approximate surface area is 191 Å². The van der Waals surface area contributed by atoms with Gasteiger partial charge < -0.3 is 14.2 Å². The lowest BCUT2D eigenvalue weighted by atomic mass is 10.1. The minimum atomic E-state index is -0.584. The summed E-state index contributed by atoms with van der Waals surface area (Å²) in [6, 6.07) is 18.6. The highest BCUT2D eigenvalue weighted by molar-refractivity contribution is 6.21. The van der Waals surface area contributed by atoms with Gasteiger partial charge in [-0.15, -0.1) is 0 Å². The summed E-state index contributed by atoms with van der Waals surface area (Å²) >= 11 is -0.584. The fraction of sp³-hybridized carbons (Fsp3) is 0.167. The van der Waals surface area contributed by atoms with E-state index in [1.54, 1.807) is 45.6 Å². The van der Waals surface area contributed by atoms with E-state index in [0.29, 0.717) is 16.9 Å². The fourth-order valence-electron chi connectivity index (χ4n) is 3.38. The van der Waals surface area contributed by atoms with E-state index in [0.717, 1.165) is 24.2 Å². The van der Waals surface area contributed by atoms with E-state index in [1.165, 1.54) is 4.90 Å². The van der Waals surface area contributed by atoms with Crippen LogP contribution in [-0.2, 0) is 6.54 Å². The van der Waals surface area contributed by atoms with Crippen LogP contribution >= 0.6 is 0 Å². The van der Waals surface area contributed by atoms with Crippen molar-refractivity contribution in [1.29, 1.82) is 0 Å². The standard InChI is InChI=1S/C24H21INO5/c1-29-17-12-20(30-2)22(21(13-17)31-3)25-16-10-8-15(9-11-16)14-26-23(27)18-6-4-5-7-19(18)24(26)28/h4-13H,14H2,1-3H3/q+1. The number of halogens is 1. The van der Waals surface area contributed by atoms with Crippen molar-refractivity contribution in [1.82, 2.24) is 4.90 Å². The maximum atomic E-state index is 12.6. The highest BCUT2D eigenvalue weighted by atomic mass is 127. The number of ether oxygens (including phenoxy) is 3. The number of benzene rings is 3. The quantitative estimate of drug-likeness (QED) is 0.332. The summed E-state index contributed by atoms with van der Waals surface area (Å²) in [6.45, 7) is 0.250. The molecule has 1 heterocycles. The van der Waals surface area contributed by atoms with Gasteiger partial charge in [0.25, 0.3) is 15.4 Å². The van der Waals surface area contributed by atoms with Crippen LogP contribution in [0.4, 0.5) is 0 Å². The average Bonchev–Trinajstić information content (AvgIpc) is 3.05. The smallest absolute Gasteiger partial charge is 0.366 e. The van der Waals surface area contributed by atoms with Crippen LogP contribution in [0.15, 0.2) is 60.7 Å². The number of carbonyl (C=O) groups is 2. The molecular formula is C24H21INO5+. The Balaban J connectivity index is 1.53. The monoisotopic (exact) mass is 530 g/mol. The number of rotatable bonds is 7. The van der Waals surface area contributed by atoms with E-state index >= 15 is 0 Å². The number of amides is 2. The first-order chi connectivity index (χ1) is 15.0. The van der Waals surface area contributed by atoms with Crippen LogP contribution < -0.4 is 35.4 Å². The van der Waals surface area contributed by atoms with Gasteiger partial charge >= 0.3 is 21.2 Å². The van der Waals surface area contributed by atoms with Crippen molar-refractivity contribution in [3.63, 3.8) is 0 Å². The lowest BCUT2D eigenvalue weighted by molar-refractivity contribution is -0.598. The zero-order valence-electron chi connectivity index (χ0n) is 17.3. The largest absolute Gasteiger partial charge is 0.496 e. The maximum absolute atomic E-state index is 12.6. The predicted molar refractivity (Wildman–Crippen MR) is 111 cm³/mol. The summed E-state index contributed by atoms with van der Waals surface area (Å²) in [6.07, 6.45) is 0. The second kappa shape index (κ2) is 8.97. The SMILES string of the molecule is COc1cc(OC)c([I+]c2ccc(CN3C(=O)c4ccccc4C3=O)cc2)c(OC)c1. The molecule has 2 amide bonds. The molecule has 0 spiro atoms. The van der Waals surface area contributed by atoms with E-state index in [4.69, 9.17) is 14.2 Å². The molecule has 0 aromatic heterocycles. The second-order valence-electron chi connectivity index (χ2n) is 6.81. The molecule has 1 aliphatic heterocycles. The van der Waals surface area contributed by atoms with Crippen molar-refractivity contribution < 1.29 is 45.0 Å². The molecule has 7 heteroatoms. The molecule has 0 atom stereocenters. The van der Waals surface area contributed by atoms with Gasteiger partial charge in [0.2, 0.25) is 0 Å². The van der Waals surface area contributed by atoms with Gasteiger partial charge in [-0.05, 0) is 29.8 Å². The highest BCUT2D eigenvalue weighted by Crippen LogP contribution is 2.28. The van der Waals surface area contributed by atoms with Crippen molar-refractivity contribution in [3.8, 4) is 17.2 Å². The Bertz CT molecular complexity index is 1080. The molecule has 1 aliphatic rings. The van der Waals surface area contributed by atoms with Crippen molar-refractivity contribution in [2.75, 3.05) is 21.3 Å². The van der Waals surface area contributed by atoms with Crippen LogP contribution in [0.3, 0.4) is 0 Å². The first-order valence-corrected chi connectivity index (χ1v) is 11.7. The molecule has 0 aliphatic carbocycles. The third-order valence-electron chi connectivity index (χ3n) is 4.99. The summed E-state index contributed by atoms with van der Waals surface area (Å²) in [5.41, 5.74) is 1.83. The number of methoxy groups -OCH3 is 3.